The Morgan fingerprint density at radius 1 is 0.690 bits per heavy atom. The Morgan fingerprint density at radius 3 is 1.45 bits per heavy atom. The number of hydrogen-bond acceptors (Lipinski definition) is 0. The van der Waals surface area contributed by atoms with Gasteiger partial charge >= 0.3 is 266 Å². The van der Waals surface area contributed by atoms with Crippen LogP contribution in [0.5, 0.6) is 0 Å². The van der Waals surface area contributed by atoms with Gasteiger partial charge in [0.25, 0.3) is 0 Å². The standard InChI is InChI=1S/2C18H21.C2H7Si.2ClH.Zr/c2*1-2-7-15-10-6-11-16-12-17(13-18(15)16)14-8-4-3-5-9-14;1-3-2;;;/h2*2,6,10-14H,1,3-5,7-9H2;3H,1-2H3;2*1H;/q;;;;;+2/p-2. The summed E-state index contributed by atoms with van der Waals surface area (Å²) < 4.78 is 0.408. The van der Waals surface area contributed by atoms with Crippen molar-refractivity contribution in [1.29, 1.82) is 0 Å². The van der Waals surface area contributed by atoms with Crippen LogP contribution in [0.2, 0.25) is 13.1 Å². The van der Waals surface area contributed by atoms with Gasteiger partial charge < -0.3 is 0 Å². The molecule has 0 amide bonds. The topological polar surface area (TPSA) is 0 Å². The van der Waals surface area contributed by atoms with E-state index in [0.717, 1.165) is 12.8 Å². The summed E-state index contributed by atoms with van der Waals surface area (Å²) in [7, 11) is 17.6. The molecule has 0 radical (unpaired) electrons. The fourth-order valence-corrected chi connectivity index (χ4v) is 40.3. The van der Waals surface area contributed by atoms with Crippen molar-refractivity contribution in [2.45, 2.75) is 97.4 Å². The summed E-state index contributed by atoms with van der Waals surface area (Å²) in [5, 5.41) is 0. The van der Waals surface area contributed by atoms with E-state index in [1.54, 1.807) is 11.1 Å². The zero-order valence-corrected chi connectivity index (χ0v) is 30.9. The summed E-state index contributed by atoms with van der Waals surface area (Å²) in [5.74, 6) is -0.374. The fourth-order valence-electron chi connectivity index (χ4n) is 9.29. The molecule has 6 rings (SSSR count). The quantitative estimate of drug-likeness (QED) is 0.181. The predicted molar refractivity (Wildman–Crippen MR) is 186 cm³/mol. The summed E-state index contributed by atoms with van der Waals surface area (Å²) in [6.45, 7) is 13.2. The number of allylic oxidation sites excluding steroid dienone is 4. The van der Waals surface area contributed by atoms with Crippen molar-refractivity contribution >= 4 is 35.1 Å². The van der Waals surface area contributed by atoms with Gasteiger partial charge in [-0.3, -0.25) is 0 Å². The maximum absolute atomic E-state index is 8.80. The summed E-state index contributed by atoms with van der Waals surface area (Å²) >= 11 is -4.77. The molecule has 0 heterocycles. The van der Waals surface area contributed by atoms with Crippen LogP contribution >= 0.6 is 17.0 Å². The van der Waals surface area contributed by atoms with Gasteiger partial charge in [-0.15, -0.1) is 0 Å². The van der Waals surface area contributed by atoms with Crippen molar-refractivity contribution in [2.24, 2.45) is 11.8 Å². The zero-order chi connectivity index (χ0) is 29.5. The van der Waals surface area contributed by atoms with Gasteiger partial charge in [-0.2, -0.15) is 0 Å². The van der Waals surface area contributed by atoms with E-state index in [-0.39, 0.29) is 7.25 Å². The number of fused-ring (bicyclic) bond motifs is 2. The molecule has 0 N–H and O–H groups in total. The van der Waals surface area contributed by atoms with Crippen LogP contribution < -0.4 is 0 Å². The molecule has 4 aliphatic rings. The van der Waals surface area contributed by atoms with Gasteiger partial charge in [-0.25, -0.2) is 0 Å². The Kier molecular flexibility index (Phi) is 9.22. The van der Waals surface area contributed by atoms with E-state index in [9.17, 15) is 0 Å². The van der Waals surface area contributed by atoms with E-state index in [1.165, 1.54) is 97.6 Å². The summed E-state index contributed by atoms with van der Waals surface area (Å²) in [5.41, 5.74) is 11.7. The third-order valence-corrected chi connectivity index (χ3v) is 63.1. The van der Waals surface area contributed by atoms with Gasteiger partial charge in [0.2, 0.25) is 0 Å². The first-order chi connectivity index (χ1) is 20.3. The van der Waals surface area contributed by atoms with Crippen molar-refractivity contribution in [1.82, 2.24) is 0 Å². The second-order valence-electron chi connectivity index (χ2n) is 14.0. The van der Waals surface area contributed by atoms with Gasteiger partial charge in [0.1, 0.15) is 0 Å². The first-order valence-electron chi connectivity index (χ1n) is 16.7. The number of benzene rings is 2. The van der Waals surface area contributed by atoms with Crippen LogP contribution in [0.1, 0.15) is 105 Å². The minimum absolute atomic E-state index is 0.204. The van der Waals surface area contributed by atoms with Crippen LogP contribution in [0.3, 0.4) is 0 Å². The molecule has 0 saturated heterocycles. The van der Waals surface area contributed by atoms with Crippen LogP contribution in [0.4, 0.5) is 0 Å². The number of halogens is 2. The van der Waals surface area contributed by atoms with Gasteiger partial charge in [0.15, 0.2) is 0 Å². The third-order valence-electron chi connectivity index (χ3n) is 11.5. The van der Waals surface area contributed by atoms with Gasteiger partial charge in [-0.05, 0) is 0 Å². The van der Waals surface area contributed by atoms with Crippen LogP contribution in [0.15, 0.2) is 72.9 Å². The van der Waals surface area contributed by atoms with Crippen molar-refractivity contribution in [3.8, 4) is 0 Å². The van der Waals surface area contributed by atoms with Crippen molar-refractivity contribution in [2.75, 3.05) is 0 Å². The van der Waals surface area contributed by atoms with Gasteiger partial charge in [-0.1, -0.05) is 0 Å². The van der Waals surface area contributed by atoms with Crippen LogP contribution in [0, 0.1) is 11.8 Å². The molecule has 2 saturated carbocycles. The monoisotopic (exact) mass is 693 g/mol. The predicted octanol–water partition coefficient (Wildman–Crippen LogP) is 11.9. The normalized spacial score (nSPS) is 24.0. The first-order valence-corrected chi connectivity index (χ1v) is 33.1. The van der Waals surface area contributed by atoms with Gasteiger partial charge in [0.05, 0.1) is 0 Å². The molecule has 4 aliphatic carbocycles. The molecule has 0 nitrogen and oxygen atoms in total. The van der Waals surface area contributed by atoms with E-state index in [1.807, 2.05) is 0 Å². The molecule has 42 heavy (non-hydrogen) atoms. The Bertz CT molecular complexity index is 1320. The zero-order valence-electron chi connectivity index (χ0n) is 25.8. The second kappa shape index (κ2) is 12.5. The molecule has 223 valence electrons. The molecular weight excluding hydrogens is 647 g/mol. The number of rotatable bonds is 9. The van der Waals surface area contributed by atoms with Crippen molar-refractivity contribution in [3.05, 3.63) is 106 Å². The van der Waals surface area contributed by atoms with Crippen LogP contribution in [-0.4, -0.2) is 5.92 Å². The average Bonchev–Trinajstić information content (AvgIpc) is 3.61. The molecule has 2 aromatic rings. The molecule has 0 spiro atoms. The molecule has 2 atom stereocenters. The van der Waals surface area contributed by atoms with E-state index in [0.29, 0.717) is 11.8 Å². The Labute approximate surface area is 264 Å². The minimum atomic E-state index is -4.77. The Hall–Kier alpha value is -0.920. The third kappa shape index (κ3) is 5.13. The molecule has 0 bridgehead atoms. The van der Waals surface area contributed by atoms with Crippen LogP contribution in [-0.2, 0) is 28.4 Å². The van der Waals surface area contributed by atoms with E-state index in [4.69, 9.17) is 17.0 Å². The van der Waals surface area contributed by atoms with Gasteiger partial charge in [0, 0.05) is 0 Å². The van der Waals surface area contributed by atoms with Crippen LogP contribution in [0.25, 0.3) is 12.2 Å². The summed E-state index contributed by atoms with van der Waals surface area (Å²) in [6.07, 6.45) is 24.2. The number of hydrogen-bond donors (Lipinski definition) is 0. The van der Waals surface area contributed by atoms with E-state index < -0.39 is 21.5 Å². The van der Waals surface area contributed by atoms with Crippen molar-refractivity contribution < 1.29 is 15.6 Å². The van der Waals surface area contributed by atoms with E-state index >= 15 is 0 Å². The molecule has 0 aliphatic heterocycles. The summed E-state index contributed by atoms with van der Waals surface area (Å²) in [6, 6.07) is 14.0. The molecule has 2 aromatic carbocycles. The first kappa shape index (κ1) is 31.1. The Balaban J connectivity index is 1.60. The molecule has 0 aromatic heterocycles. The van der Waals surface area contributed by atoms with Crippen molar-refractivity contribution in [3.63, 3.8) is 0 Å². The second-order valence-corrected chi connectivity index (χ2v) is 56.5. The molecule has 2 unspecified atom stereocenters. The van der Waals surface area contributed by atoms with E-state index in [2.05, 4.69) is 87.0 Å². The molecular formula is C38H49Cl2SiZr. The summed E-state index contributed by atoms with van der Waals surface area (Å²) in [4.78, 5) is 0. The average molecular weight is 696 g/mol. The SMILES string of the molecule is C=CCc1cccc2c1C=C(C1CCCCC1)[CH]2[Zr]([Cl])([Cl])([CH]1C(C2CCCCC2)=Cc2c(CC=C)cccc21)[SiH](C)C. The maximum atomic E-state index is 8.80. The molecule has 2 fully saturated rings. The molecule has 4 heteroatoms. The Morgan fingerprint density at radius 2 is 1.10 bits per heavy atom. The fraction of sp³-hybridized carbons (Fsp3) is 0.474.